The molecule has 2 aromatic heterocycles. The van der Waals surface area contributed by atoms with Crippen LogP contribution in [-0.4, -0.2) is 28.4 Å². The molecule has 0 saturated heterocycles. The maximum absolute atomic E-state index is 12.9. The fourth-order valence-corrected chi connectivity index (χ4v) is 4.16. The Bertz CT molecular complexity index is 1400. The van der Waals surface area contributed by atoms with E-state index in [4.69, 9.17) is 30.8 Å². The zero-order valence-electron chi connectivity index (χ0n) is 19.2. The molecule has 0 spiro atoms. The maximum atomic E-state index is 12.9. The van der Waals surface area contributed by atoms with E-state index in [1.54, 1.807) is 6.26 Å². The molecule has 0 radical (unpaired) electrons. The maximum Gasteiger partial charge on any atom is 0.253 e. The Labute approximate surface area is 207 Å². The Balaban J connectivity index is 1.42. The van der Waals surface area contributed by atoms with E-state index >= 15 is 0 Å². The first-order chi connectivity index (χ1) is 17.1. The molecule has 2 aromatic carbocycles. The Morgan fingerprint density at radius 2 is 2.00 bits per heavy atom. The number of nitrogens with one attached hydrogen (secondary N) is 2. The highest BCUT2D eigenvalue weighted by molar-refractivity contribution is 7.80. The monoisotopic (exact) mass is 491 g/mol. The molecule has 1 aliphatic rings. The second kappa shape index (κ2) is 10.1. The molecule has 35 heavy (non-hydrogen) atoms. The second-order valence-electron chi connectivity index (χ2n) is 8.09. The number of ether oxygens (including phenoxy) is 3. The minimum Gasteiger partial charge on any atom is -0.494 e. The van der Waals surface area contributed by atoms with E-state index in [0.717, 1.165) is 33.7 Å². The fourth-order valence-electron chi connectivity index (χ4n) is 3.96. The number of fused-ring (bicyclic) bond motifs is 2. The van der Waals surface area contributed by atoms with E-state index < -0.39 is 0 Å². The highest BCUT2D eigenvalue weighted by atomic mass is 32.1. The first-order valence-electron chi connectivity index (χ1n) is 11.3. The zero-order valence-corrected chi connectivity index (χ0v) is 20.0. The van der Waals surface area contributed by atoms with Crippen LogP contribution in [0.5, 0.6) is 17.2 Å². The number of H-pyrrole nitrogens is 1. The molecule has 4 aromatic rings. The molecule has 0 aliphatic carbocycles. The van der Waals surface area contributed by atoms with Gasteiger partial charge >= 0.3 is 0 Å². The van der Waals surface area contributed by atoms with Crippen molar-refractivity contribution in [2.75, 3.05) is 13.4 Å². The normalized spacial score (nSPS) is 12.0. The summed E-state index contributed by atoms with van der Waals surface area (Å²) in [5, 5.41) is 4.63. The average Bonchev–Trinajstić information content (AvgIpc) is 3.54. The predicted molar refractivity (Wildman–Crippen MR) is 136 cm³/mol. The van der Waals surface area contributed by atoms with E-state index in [0.29, 0.717) is 42.7 Å². The standard InChI is InChI=1S/C26H25N3O5S/c1-2-31-20-6-7-22-18(12-20)11-19(25(30)28-22)15-29(26(35)27-13-21-4-3-9-32-21)14-17-5-8-23-24(10-17)34-16-33-23/h3-12H,2,13-16H2,1H3,(H,27,35)(H,28,30). The second-order valence-corrected chi connectivity index (χ2v) is 8.47. The lowest BCUT2D eigenvalue weighted by atomic mass is 10.1. The molecule has 0 atom stereocenters. The molecule has 8 nitrogen and oxygen atoms in total. The van der Waals surface area contributed by atoms with Crippen LogP contribution < -0.4 is 25.1 Å². The van der Waals surface area contributed by atoms with Crippen molar-refractivity contribution < 1.29 is 18.6 Å². The molecule has 9 heteroatoms. The quantitative estimate of drug-likeness (QED) is 0.352. The average molecular weight is 492 g/mol. The van der Waals surface area contributed by atoms with Crippen molar-refractivity contribution >= 4 is 28.2 Å². The Morgan fingerprint density at radius 1 is 1.11 bits per heavy atom. The van der Waals surface area contributed by atoms with Crippen LogP contribution in [0.3, 0.4) is 0 Å². The van der Waals surface area contributed by atoms with E-state index in [9.17, 15) is 4.79 Å². The van der Waals surface area contributed by atoms with Gasteiger partial charge in [-0.15, -0.1) is 0 Å². The summed E-state index contributed by atoms with van der Waals surface area (Å²) in [6, 6.07) is 17.0. The van der Waals surface area contributed by atoms with Crippen LogP contribution in [0.2, 0.25) is 0 Å². The fraction of sp³-hybridized carbons (Fsp3) is 0.231. The minimum atomic E-state index is -0.161. The minimum absolute atomic E-state index is 0.161. The largest absolute Gasteiger partial charge is 0.494 e. The van der Waals surface area contributed by atoms with Crippen molar-refractivity contribution in [1.82, 2.24) is 15.2 Å². The van der Waals surface area contributed by atoms with Crippen LogP contribution in [0.15, 0.2) is 70.1 Å². The lowest BCUT2D eigenvalue weighted by Crippen LogP contribution is -2.39. The number of furan rings is 1. The van der Waals surface area contributed by atoms with Crippen molar-refractivity contribution in [1.29, 1.82) is 0 Å². The van der Waals surface area contributed by atoms with Crippen molar-refractivity contribution in [3.63, 3.8) is 0 Å². The Morgan fingerprint density at radius 3 is 2.83 bits per heavy atom. The third-order valence-electron chi connectivity index (χ3n) is 5.66. The van der Waals surface area contributed by atoms with Gasteiger partial charge in [-0.2, -0.15) is 0 Å². The first kappa shape index (κ1) is 22.8. The van der Waals surface area contributed by atoms with Gasteiger partial charge in [0.1, 0.15) is 11.5 Å². The Kier molecular flexibility index (Phi) is 6.58. The van der Waals surface area contributed by atoms with Gasteiger partial charge in [-0.1, -0.05) is 6.07 Å². The molecule has 0 bridgehead atoms. The number of aromatic nitrogens is 1. The Hall–Kier alpha value is -3.98. The number of pyridine rings is 1. The number of rotatable bonds is 8. The van der Waals surface area contributed by atoms with Gasteiger partial charge in [0.25, 0.3) is 5.56 Å². The van der Waals surface area contributed by atoms with Gasteiger partial charge in [0.15, 0.2) is 16.6 Å². The highest BCUT2D eigenvalue weighted by Gasteiger charge is 2.18. The van der Waals surface area contributed by atoms with Crippen molar-refractivity contribution in [2.45, 2.75) is 26.6 Å². The van der Waals surface area contributed by atoms with Gasteiger partial charge in [-0.3, -0.25) is 4.79 Å². The molecule has 0 saturated carbocycles. The summed E-state index contributed by atoms with van der Waals surface area (Å²) in [5.74, 6) is 2.94. The third kappa shape index (κ3) is 5.25. The van der Waals surface area contributed by atoms with Crippen molar-refractivity contribution in [2.24, 2.45) is 0 Å². The predicted octanol–water partition coefficient (Wildman–Crippen LogP) is 4.33. The van der Waals surface area contributed by atoms with Crippen LogP contribution in [0.1, 0.15) is 23.8 Å². The van der Waals surface area contributed by atoms with Crippen molar-refractivity contribution in [3.05, 3.63) is 88.1 Å². The number of aromatic amines is 1. The summed E-state index contributed by atoms with van der Waals surface area (Å²) in [6.45, 7) is 3.94. The summed E-state index contributed by atoms with van der Waals surface area (Å²) < 4.78 is 22.0. The van der Waals surface area contributed by atoms with Gasteiger partial charge in [0.2, 0.25) is 6.79 Å². The number of nitrogens with zero attached hydrogens (tertiary/aromatic N) is 1. The molecule has 0 amide bonds. The van der Waals surface area contributed by atoms with Gasteiger partial charge in [0.05, 0.1) is 26.0 Å². The molecule has 2 N–H and O–H groups in total. The number of hydrogen-bond donors (Lipinski definition) is 2. The summed E-state index contributed by atoms with van der Waals surface area (Å²) in [6.07, 6.45) is 1.62. The van der Waals surface area contributed by atoms with E-state index in [2.05, 4.69) is 10.3 Å². The SMILES string of the molecule is CCOc1ccc2[nH]c(=O)c(CN(Cc3ccc4c(c3)OCO4)C(=S)NCc3ccco3)cc2c1. The molecule has 1 aliphatic heterocycles. The topological polar surface area (TPSA) is 89.0 Å². The molecule has 5 rings (SSSR count). The smallest absolute Gasteiger partial charge is 0.253 e. The van der Waals surface area contributed by atoms with E-state index in [1.807, 2.05) is 66.4 Å². The van der Waals surface area contributed by atoms with Crippen LogP contribution in [0.25, 0.3) is 10.9 Å². The number of hydrogen-bond acceptors (Lipinski definition) is 6. The molecular weight excluding hydrogens is 466 g/mol. The lowest BCUT2D eigenvalue weighted by molar-refractivity contribution is 0.174. The highest BCUT2D eigenvalue weighted by Crippen LogP contribution is 2.33. The van der Waals surface area contributed by atoms with Crippen LogP contribution >= 0.6 is 12.2 Å². The van der Waals surface area contributed by atoms with E-state index in [1.165, 1.54) is 0 Å². The van der Waals surface area contributed by atoms with Crippen LogP contribution in [0.4, 0.5) is 0 Å². The lowest BCUT2D eigenvalue weighted by Gasteiger charge is -2.26. The third-order valence-corrected chi connectivity index (χ3v) is 6.06. The summed E-state index contributed by atoms with van der Waals surface area (Å²) >= 11 is 5.73. The van der Waals surface area contributed by atoms with Crippen molar-refractivity contribution in [3.8, 4) is 17.2 Å². The summed E-state index contributed by atoms with van der Waals surface area (Å²) in [4.78, 5) is 17.8. The van der Waals surface area contributed by atoms with Crippen LogP contribution in [-0.2, 0) is 19.6 Å². The van der Waals surface area contributed by atoms with Gasteiger partial charge in [0, 0.05) is 23.0 Å². The first-order valence-corrected chi connectivity index (χ1v) is 11.7. The molecular formula is C26H25N3O5S. The summed E-state index contributed by atoms with van der Waals surface area (Å²) in [7, 11) is 0. The van der Waals surface area contributed by atoms with Gasteiger partial charge < -0.3 is 33.8 Å². The van der Waals surface area contributed by atoms with Gasteiger partial charge in [-0.05, 0) is 73.2 Å². The molecule has 0 unspecified atom stereocenters. The van der Waals surface area contributed by atoms with Gasteiger partial charge in [-0.25, -0.2) is 0 Å². The van der Waals surface area contributed by atoms with Crippen LogP contribution in [0, 0.1) is 0 Å². The molecule has 0 fully saturated rings. The summed E-state index contributed by atoms with van der Waals surface area (Å²) in [5.41, 5.74) is 2.16. The molecule has 180 valence electrons. The van der Waals surface area contributed by atoms with E-state index in [-0.39, 0.29) is 12.4 Å². The molecule has 3 heterocycles. The number of thiocarbonyl (C=S) groups is 1. The zero-order chi connectivity index (χ0) is 24.2. The number of benzene rings is 2.